The summed E-state index contributed by atoms with van der Waals surface area (Å²) < 4.78 is 8.16. The van der Waals surface area contributed by atoms with Crippen LogP contribution >= 0.6 is 0 Å². The zero-order valence-electron chi connectivity index (χ0n) is 12.7. The van der Waals surface area contributed by atoms with Crippen LogP contribution in [-0.4, -0.2) is 15.7 Å². The highest BCUT2D eigenvalue weighted by Crippen LogP contribution is 2.52. The summed E-state index contributed by atoms with van der Waals surface area (Å²) in [6.45, 7) is 4.07. The zero-order chi connectivity index (χ0) is 14.6. The Kier molecular flexibility index (Phi) is 2.88. The Morgan fingerprint density at radius 2 is 2.14 bits per heavy atom. The van der Waals surface area contributed by atoms with Gasteiger partial charge < -0.3 is 15.0 Å². The van der Waals surface area contributed by atoms with E-state index in [-0.39, 0.29) is 6.10 Å². The average Bonchev–Trinajstić information content (AvgIpc) is 3.11. The fourth-order valence-electron chi connectivity index (χ4n) is 4.33. The summed E-state index contributed by atoms with van der Waals surface area (Å²) in [6.07, 6.45) is 5.51. The molecule has 2 aromatic rings. The Morgan fingerprint density at radius 3 is 2.81 bits per heavy atom. The predicted octanol–water partition coefficient (Wildman–Crippen LogP) is 3.77. The number of nitrogen functional groups attached to an aromatic ring is 1. The lowest BCUT2D eigenvalue weighted by molar-refractivity contribution is 0.245. The van der Waals surface area contributed by atoms with Crippen molar-refractivity contribution < 1.29 is 4.74 Å². The number of imidazole rings is 1. The minimum absolute atomic E-state index is 0.143. The van der Waals surface area contributed by atoms with E-state index in [2.05, 4.69) is 15.6 Å². The van der Waals surface area contributed by atoms with Crippen LogP contribution in [0.5, 0.6) is 5.75 Å². The van der Waals surface area contributed by atoms with Crippen LogP contribution in [0.1, 0.15) is 45.6 Å². The molecule has 2 fully saturated rings. The lowest BCUT2D eigenvalue weighted by Crippen LogP contribution is -2.17. The van der Waals surface area contributed by atoms with E-state index >= 15 is 0 Å². The number of aromatic nitrogens is 2. The Bertz CT molecular complexity index is 676. The third kappa shape index (κ3) is 2.00. The second-order valence-corrected chi connectivity index (χ2v) is 6.87. The molecule has 0 spiro atoms. The number of para-hydroxylation sites is 1. The number of hydrogen-bond donors (Lipinski definition) is 1. The first-order valence-corrected chi connectivity index (χ1v) is 8.06. The Balaban J connectivity index is 1.81. The average molecular weight is 285 g/mol. The van der Waals surface area contributed by atoms with Gasteiger partial charge in [0.25, 0.3) is 0 Å². The van der Waals surface area contributed by atoms with Crippen molar-refractivity contribution in [2.75, 3.05) is 5.73 Å². The first kappa shape index (κ1) is 13.0. The highest BCUT2D eigenvalue weighted by molar-refractivity contribution is 5.84. The molecule has 0 aliphatic heterocycles. The van der Waals surface area contributed by atoms with Crippen LogP contribution in [0.15, 0.2) is 18.2 Å². The minimum atomic E-state index is 0.143. The van der Waals surface area contributed by atoms with E-state index < -0.39 is 0 Å². The van der Waals surface area contributed by atoms with Gasteiger partial charge in [0.1, 0.15) is 11.3 Å². The molecule has 4 heteroatoms. The number of anilines is 1. The number of fused-ring (bicyclic) bond motifs is 3. The molecule has 0 radical (unpaired) electrons. The quantitative estimate of drug-likeness (QED) is 0.934. The summed E-state index contributed by atoms with van der Waals surface area (Å²) in [5.74, 6) is 3.16. The van der Waals surface area contributed by atoms with Crippen molar-refractivity contribution in [3.8, 4) is 5.75 Å². The second-order valence-electron chi connectivity index (χ2n) is 6.87. The number of nitrogens with zero attached hydrogens (tertiary/aromatic N) is 2. The van der Waals surface area contributed by atoms with Crippen molar-refractivity contribution in [3.05, 3.63) is 18.2 Å². The molecule has 2 saturated carbocycles. The molecule has 4 rings (SSSR count). The lowest BCUT2D eigenvalue weighted by Gasteiger charge is -2.24. The summed E-state index contributed by atoms with van der Waals surface area (Å²) in [4.78, 5) is 4.61. The summed E-state index contributed by atoms with van der Waals surface area (Å²) in [6, 6.07) is 6.69. The molecule has 0 amide bonds. The maximum absolute atomic E-state index is 6.26. The second kappa shape index (κ2) is 4.65. The monoisotopic (exact) mass is 285 g/mol. The van der Waals surface area contributed by atoms with Crippen molar-refractivity contribution >= 4 is 17.0 Å². The normalized spacial score (nSPS) is 27.9. The molecule has 2 bridgehead atoms. The van der Waals surface area contributed by atoms with E-state index in [0.717, 1.165) is 28.6 Å². The van der Waals surface area contributed by atoms with Crippen LogP contribution in [-0.2, 0) is 0 Å². The van der Waals surface area contributed by atoms with Gasteiger partial charge in [-0.05, 0) is 57.1 Å². The molecular formula is C17H23N3O. The zero-order valence-corrected chi connectivity index (χ0v) is 12.7. The lowest BCUT2D eigenvalue weighted by atomic mass is 9.95. The highest BCUT2D eigenvalue weighted by Gasteiger charge is 2.41. The molecule has 21 heavy (non-hydrogen) atoms. The van der Waals surface area contributed by atoms with Gasteiger partial charge in [0, 0.05) is 6.04 Å². The topological polar surface area (TPSA) is 53.1 Å². The smallest absolute Gasteiger partial charge is 0.201 e. The van der Waals surface area contributed by atoms with E-state index in [9.17, 15) is 0 Å². The molecule has 2 N–H and O–H groups in total. The van der Waals surface area contributed by atoms with Crippen molar-refractivity contribution in [3.63, 3.8) is 0 Å². The van der Waals surface area contributed by atoms with Gasteiger partial charge in [0.2, 0.25) is 5.95 Å². The maximum Gasteiger partial charge on any atom is 0.201 e. The van der Waals surface area contributed by atoms with Crippen LogP contribution in [0.3, 0.4) is 0 Å². The van der Waals surface area contributed by atoms with Crippen molar-refractivity contribution in [1.82, 2.24) is 9.55 Å². The minimum Gasteiger partial charge on any atom is -0.489 e. The Morgan fingerprint density at radius 1 is 1.29 bits per heavy atom. The van der Waals surface area contributed by atoms with Gasteiger partial charge in [-0.25, -0.2) is 4.98 Å². The van der Waals surface area contributed by atoms with E-state index in [1.165, 1.54) is 25.7 Å². The largest absolute Gasteiger partial charge is 0.489 e. The van der Waals surface area contributed by atoms with Crippen LogP contribution in [0.4, 0.5) is 5.95 Å². The first-order valence-electron chi connectivity index (χ1n) is 8.06. The van der Waals surface area contributed by atoms with Gasteiger partial charge in [-0.1, -0.05) is 12.5 Å². The van der Waals surface area contributed by atoms with Crippen molar-refractivity contribution in [2.24, 2.45) is 11.8 Å². The van der Waals surface area contributed by atoms with Crippen LogP contribution in [0, 0.1) is 11.8 Å². The molecule has 2 aliphatic rings. The molecule has 1 aromatic heterocycles. The van der Waals surface area contributed by atoms with Crippen LogP contribution < -0.4 is 10.5 Å². The van der Waals surface area contributed by atoms with E-state index in [4.69, 9.17) is 10.5 Å². The number of nitrogens with two attached hydrogens (primary N) is 1. The van der Waals surface area contributed by atoms with E-state index in [0.29, 0.717) is 12.0 Å². The molecule has 1 heterocycles. The van der Waals surface area contributed by atoms with Crippen molar-refractivity contribution in [2.45, 2.75) is 51.7 Å². The summed E-state index contributed by atoms with van der Waals surface area (Å²) in [5, 5.41) is 0. The number of ether oxygens (including phenoxy) is 1. The fourth-order valence-corrected chi connectivity index (χ4v) is 4.33. The molecular weight excluding hydrogens is 262 g/mol. The molecule has 2 aliphatic carbocycles. The number of benzene rings is 1. The Labute approximate surface area is 125 Å². The standard InChI is InChI=1S/C17H23N3O/c1-10(2)21-15-5-3-4-13-16(15)19-17(18)20(13)14-9-11-6-7-12(14)8-11/h3-5,10-12,14H,6-9H2,1-2H3,(H2,18,19). The van der Waals surface area contributed by atoms with Gasteiger partial charge in [0.05, 0.1) is 11.6 Å². The SMILES string of the molecule is CC(C)Oc1cccc2c1nc(N)n2C1CC2CCC1C2. The summed E-state index contributed by atoms with van der Waals surface area (Å²) >= 11 is 0. The third-order valence-electron chi connectivity index (χ3n) is 5.11. The van der Waals surface area contributed by atoms with Crippen LogP contribution in [0.2, 0.25) is 0 Å². The van der Waals surface area contributed by atoms with Gasteiger partial charge in [-0.15, -0.1) is 0 Å². The van der Waals surface area contributed by atoms with Crippen molar-refractivity contribution in [1.29, 1.82) is 0 Å². The molecule has 0 saturated heterocycles. The first-order chi connectivity index (χ1) is 10.1. The molecule has 4 nitrogen and oxygen atoms in total. The van der Waals surface area contributed by atoms with Gasteiger partial charge >= 0.3 is 0 Å². The van der Waals surface area contributed by atoms with Gasteiger partial charge in [-0.3, -0.25) is 0 Å². The van der Waals surface area contributed by atoms with E-state index in [1.54, 1.807) is 0 Å². The summed E-state index contributed by atoms with van der Waals surface area (Å²) in [7, 11) is 0. The Hall–Kier alpha value is -1.71. The van der Waals surface area contributed by atoms with Gasteiger partial charge in [-0.2, -0.15) is 0 Å². The predicted molar refractivity (Wildman–Crippen MR) is 84.4 cm³/mol. The van der Waals surface area contributed by atoms with E-state index in [1.807, 2.05) is 26.0 Å². The molecule has 3 atom stereocenters. The molecule has 112 valence electrons. The number of rotatable bonds is 3. The molecule has 3 unspecified atom stereocenters. The third-order valence-corrected chi connectivity index (χ3v) is 5.11. The fraction of sp³-hybridized carbons (Fsp3) is 0.588. The maximum atomic E-state index is 6.26. The highest BCUT2D eigenvalue weighted by atomic mass is 16.5. The summed E-state index contributed by atoms with van der Waals surface area (Å²) in [5.41, 5.74) is 8.30. The van der Waals surface area contributed by atoms with Crippen LogP contribution in [0.25, 0.3) is 11.0 Å². The molecule has 1 aromatic carbocycles. The number of hydrogen-bond acceptors (Lipinski definition) is 3. The van der Waals surface area contributed by atoms with Gasteiger partial charge in [0.15, 0.2) is 0 Å².